The fourth-order valence-electron chi connectivity index (χ4n) is 3.80. The third kappa shape index (κ3) is 4.18. The lowest BCUT2D eigenvalue weighted by molar-refractivity contribution is 0.122. The Bertz CT molecular complexity index is 1400. The highest BCUT2D eigenvalue weighted by Crippen LogP contribution is 2.36. The molecule has 7 heteroatoms. The van der Waals surface area contributed by atoms with Crippen LogP contribution in [0.25, 0.3) is 22.3 Å². The van der Waals surface area contributed by atoms with Gasteiger partial charge in [0.05, 0.1) is 53.0 Å². The van der Waals surface area contributed by atoms with Crippen molar-refractivity contribution in [2.24, 2.45) is 0 Å². The zero-order valence-electron chi connectivity index (χ0n) is 17.7. The van der Waals surface area contributed by atoms with Gasteiger partial charge in [0.1, 0.15) is 17.9 Å². The minimum absolute atomic E-state index is 0.285. The molecule has 0 N–H and O–H groups in total. The molecule has 33 heavy (non-hydrogen) atoms. The fraction of sp³-hybridized carbons (Fsp3) is 0.154. The number of rotatable bonds is 4. The third-order valence-corrected chi connectivity index (χ3v) is 5.52. The van der Waals surface area contributed by atoms with Gasteiger partial charge in [0.25, 0.3) is 0 Å². The largest absolute Gasteiger partial charge is 0.455 e. The number of hydrogen-bond acceptors (Lipinski definition) is 7. The molecule has 0 amide bonds. The Labute approximate surface area is 191 Å². The number of nitrogens with zero attached hydrogens (tertiary/aromatic N) is 5. The maximum Gasteiger partial charge on any atom is 0.152 e. The van der Waals surface area contributed by atoms with E-state index in [-0.39, 0.29) is 5.56 Å². The van der Waals surface area contributed by atoms with Crippen molar-refractivity contribution in [2.45, 2.75) is 0 Å². The number of fused-ring (bicyclic) bond motifs is 1. The Kier molecular flexibility index (Phi) is 5.55. The van der Waals surface area contributed by atoms with Gasteiger partial charge in [0.2, 0.25) is 0 Å². The Hall–Kier alpha value is -4.46. The molecule has 0 radical (unpaired) electrons. The molecule has 0 bridgehead atoms. The molecule has 1 aliphatic rings. The van der Waals surface area contributed by atoms with E-state index >= 15 is 0 Å². The minimum atomic E-state index is 0.285. The first-order valence-corrected chi connectivity index (χ1v) is 10.6. The van der Waals surface area contributed by atoms with Crippen molar-refractivity contribution in [3.8, 4) is 34.9 Å². The zero-order valence-corrected chi connectivity index (χ0v) is 17.7. The van der Waals surface area contributed by atoms with Gasteiger partial charge < -0.3 is 14.4 Å². The van der Waals surface area contributed by atoms with Gasteiger partial charge in [-0.25, -0.2) is 4.98 Å². The van der Waals surface area contributed by atoms with Crippen LogP contribution in [0.2, 0.25) is 0 Å². The van der Waals surface area contributed by atoms with Gasteiger partial charge in [-0.1, -0.05) is 12.1 Å². The van der Waals surface area contributed by atoms with Crippen molar-refractivity contribution >= 4 is 16.7 Å². The molecule has 160 valence electrons. The Morgan fingerprint density at radius 1 is 0.879 bits per heavy atom. The summed E-state index contributed by atoms with van der Waals surface area (Å²) >= 11 is 0. The first-order chi connectivity index (χ1) is 16.2. The molecule has 0 aliphatic carbocycles. The first kappa shape index (κ1) is 20.4. The number of benzene rings is 3. The molecule has 0 unspecified atom stereocenters. The smallest absolute Gasteiger partial charge is 0.152 e. The second-order valence-corrected chi connectivity index (χ2v) is 7.56. The minimum Gasteiger partial charge on any atom is -0.455 e. The van der Waals surface area contributed by atoms with E-state index in [1.807, 2.05) is 48.5 Å². The SMILES string of the molecule is N#Cc1cc(Oc2ccc(-c3cnc4ccccc4n3)cc2)c(N2CCOCC2)cc1C#N. The predicted octanol–water partition coefficient (Wildman–Crippen LogP) is 4.67. The molecular formula is C26H19N5O2. The fourth-order valence-corrected chi connectivity index (χ4v) is 3.80. The number of anilines is 1. The highest BCUT2D eigenvalue weighted by molar-refractivity contribution is 5.77. The van der Waals surface area contributed by atoms with E-state index in [0.717, 1.165) is 28.0 Å². The van der Waals surface area contributed by atoms with E-state index in [2.05, 4.69) is 27.0 Å². The summed E-state index contributed by atoms with van der Waals surface area (Å²) in [5, 5.41) is 18.9. The standard InChI is InChI=1S/C26H19N5O2/c27-15-19-13-25(31-9-11-32-12-10-31)26(14-20(19)16-28)33-21-7-5-18(6-8-21)24-17-29-22-3-1-2-4-23(22)30-24/h1-8,13-14,17H,9-12H2. The highest BCUT2D eigenvalue weighted by atomic mass is 16.5. The molecule has 7 nitrogen and oxygen atoms in total. The van der Waals surface area contributed by atoms with Crippen LogP contribution in [0, 0.1) is 22.7 Å². The van der Waals surface area contributed by atoms with Crippen LogP contribution in [0.15, 0.2) is 66.9 Å². The van der Waals surface area contributed by atoms with Crippen LogP contribution in [0.5, 0.6) is 11.5 Å². The average molecular weight is 433 g/mol. The molecule has 1 saturated heterocycles. The van der Waals surface area contributed by atoms with E-state index in [1.54, 1.807) is 18.3 Å². The van der Waals surface area contributed by atoms with Gasteiger partial charge in [-0.3, -0.25) is 4.98 Å². The highest BCUT2D eigenvalue weighted by Gasteiger charge is 2.19. The molecule has 1 aliphatic heterocycles. The van der Waals surface area contributed by atoms with Crippen molar-refractivity contribution in [1.29, 1.82) is 10.5 Å². The van der Waals surface area contributed by atoms with Crippen LogP contribution in [0.3, 0.4) is 0 Å². The molecular weight excluding hydrogens is 414 g/mol. The second kappa shape index (κ2) is 8.96. The van der Waals surface area contributed by atoms with Crippen LogP contribution >= 0.6 is 0 Å². The van der Waals surface area contributed by atoms with Crippen molar-refractivity contribution in [3.63, 3.8) is 0 Å². The predicted molar refractivity (Wildman–Crippen MR) is 124 cm³/mol. The molecule has 4 aromatic rings. The van der Waals surface area contributed by atoms with Crippen LogP contribution in [0.4, 0.5) is 5.69 Å². The zero-order chi connectivity index (χ0) is 22.6. The number of aromatic nitrogens is 2. The maximum absolute atomic E-state index is 9.48. The topological polar surface area (TPSA) is 95.1 Å². The van der Waals surface area contributed by atoms with Gasteiger partial charge in [0, 0.05) is 24.7 Å². The van der Waals surface area contributed by atoms with Crippen molar-refractivity contribution in [1.82, 2.24) is 9.97 Å². The van der Waals surface area contributed by atoms with Crippen LogP contribution in [-0.2, 0) is 4.74 Å². The molecule has 1 fully saturated rings. The summed E-state index contributed by atoms with van der Waals surface area (Å²) in [5.74, 6) is 1.15. The Morgan fingerprint density at radius 2 is 1.58 bits per heavy atom. The second-order valence-electron chi connectivity index (χ2n) is 7.56. The summed E-state index contributed by atoms with van der Waals surface area (Å²) in [4.78, 5) is 11.3. The average Bonchev–Trinajstić information content (AvgIpc) is 2.89. The van der Waals surface area contributed by atoms with Gasteiger partial charge in [0.15, 0.2) is 5.75 Å². The number of morpholine rings is 1. The van der Waals surface area contributed by atoms with Crippen LogP contribution in [0.1, 0.15) is 11.1 Å². The summed E-state index contributed by atoms with van der Waals surface area (Å²) in [6.07, 6.45) is 1.76. The van der Waals surface area contributed by atoms with Gasteiger partial charge in [-0.15, -0.1) is 0 Å². The van der Waals surface area contributed by atoms with Crippen molar-refractivity contribution in [2.75, 3.05) is 31.2 Å². The molecule has 0 atom stereocenters. The number of nitriles is 2. The van der Waals surface area contributed by atoms with E-state index in [1.165, 1.54) is 0 Å². The third-order valence-electron chi connectivity index (χ3n) is 5.52. The molecule has 3 aromatic carbocycles. The molecule has 0 spiro atoms. The molecule has 5 rings (SSSR count). The number of para-hydroxylation sites is 2. The summed E-state index contributed by atoms with van der Waals surface area (Å²) in [7, 11) is 0. The van der Waals surface area contributed by atoms with Gasteiger partial charge in [-0.05, 0) is 42.5 Å². The lowest BCUT2D eigenvalue weighted by Crippen LogP contribution is -2.36. The lowest BCUT2D eigenvalue weighted by Gasteiger charge is -2.30. The van der Waals surface area contributed by atoms with E-state index in [4.69, 9.17) is 9.47 Å². The first-order valence-electron chi connectivity index (χ1n) is 10.6. The summed E-state index contributed by atoms with van der Waals surface area (Å²) in [6.45, 7) is 2.57. The summed E-state index contributed by atoms with van der Waals surface area (Å²) in [5.41, 5.74) is 4.78. The van der Waals surface area contributed by atoms with E-state index in [9.17, 15) is 10.5 Å². The molecule has 2 heterocycles. The lowest BCUT2D eigenvalue weighted by atomic mass is 10.1. The van der Waals surface area contributed by atoms with Crippen LogP contribution < -0.4 is 9.64 Å². The van der Waals surface area contributed by atoms with Gasteiger partial charge >= 0.3 is 0 Å². The normalized spacial score (nSPS) is 13.3. The van der Waals surface area contributed by atoms with Crippen LogP contribution in [-0.4, -0.2) is 36.3 Å². The van der Waals surface area contributed by atoms with Gasteiger partial charge in [-0.2, -0.15) is 10.5 Å². The van der Waals surface area contributed by atoms with E-state index in [0.29, 0.717) is 43.4 Å². The molecule has 0 saturated carbocycles. The Morgan fingerprint density at radius 3 is 2.30 bits per heavy atom. The van der Waals surface area contributed by atoms with E-state index < -0.39 is 0 Å². The molecule has 1 aromatic heterocycles. The van der Waals surface area contributed by atoms with Crippen molar-refractivity contribution in [3.05, 3.63) is 78.0 Å². The summed E-state index contributed by atoms with van der Waals surface area (Å²) < 4.78 is 11.6. The van der Waals surface area contributed by atoms with Crippen molar-refractivity contribution < 1.29 is 9.47 Å². The quantitative estimate of drug-likeness (QED) is 0.461. The maximum atomic E-state index is 9.48. The number of ether oxygens (including phenoxy) is 2. The number of hydrogen-bond donors (Lipinski definition) is 0. The monoisotopic (exact) mass is 433 g/mol. The Balaban J connectivity index is 1.46. The summed E-state index contributed by atoms with van der Waals surface area (Å²) in [6, 6.07) is 22.9.